The Hall–Kier alpha value is -4.11. The molecule has 0 radical (unpaired) electrons. The van der Waals surface area contributed by atoms with E-state index in [4.69, 9.17) is 8.83 Å². The number of rotatable bonds is 1. The van der Waals surface area contributed by atoms with Crippen LogP contribution in [-0.4, -0.2) is 0 Å². The lowest BCUT2D eigenvalue weighted by Crippen LogP contribution is -2.30. The van der Waals surface area contributed by atoms with E-state index in [0.717, 1.165) is 55.1 Å². The van der Waals surface area contributed by atoms with Crippen LogP contribution in [0, 0.1) is 6.92 Å². The molecule has 0 aliphatic heterocycles. The van der Waals surface area contributed by atoms with E-state index in [2.05, 4.69) is 79.3 Å². The molecule has 0 bridgehead atoms. The minimum absolute atomic E-state index is 0.884. The molecule has 7 aromatic rings. The summed E-state index contributed by atoms with van der Waals surface area (Å²) in [6.07, 6.45) is 2.19. The molecule has 0 fully saturated rings. The van der Waals surface area contributed by atoms with Crippen LogP contribution in [0.2, 0.25) is 0 Å². The van der Waals surface area contributed by atoms with Gasteiger partial charge in [0.2, 0.25) is 5.69 Å². The monoisotopic (exact) mass is 414 g/mol. The van der Waals surface area contributed by atoms with Gasteiger partial charge in [0, 0.05) is 33.0 Å². The minimum atomic E-state index is 0.884. The lowest BCUT2D eigenvalue weighted by atomic mass is 9.98. The quantitative estimate of drug-likeness (QED) is 0.261. The number of pyridine rings is 1. The SMILES string of the molecule is Cc1ccc2c(oc3ccc4oc5ccccc5c4c32)c1-c1cc2ccccc2c[n+]1C. The molecule has 0 saturated heterocycles. The van der Waals surface area contributed by atoms with Gasteiger partial charge in [0.15, 0.2) is 6.20 Å². The highest BCUT2D eigenvalue weighted by atomic mass is 16.3. The fourth-order valence-electron chi connectivity index (χ4n) is 5.10. The Morgan fingerprint density at radius 3 is 2.25 bits per heavy atom. The van der Waals surface area contributed by atoms with E-state index in [0.29, 0.717) is 0 Å². The van der Waals surface area contributed by atoms with Gasteiger partial charge in [-0.25, -0.2) is 4.57 Å². The van der Waals surface area contributed by atoms with E-state index < -0.39 is 0 Å². The van der Waals surface area contributed by atoms with Gasteiger partial charge < -0.3 is 8.83 Å². The minimum Gasteiger partial charge on any atom is -0.456 e. The van der Waals surface area contributed by atoms with Gasteiger partial charge in [0.1, 0.15) is 29.4 Å². The van der Waals surface area contributed by atoms with E-state index in [1.807, 2.05) is 24.3 Å². The maximum atomic E-state index is 6.56. The molecule has 3 nitrogen and oxygen atoms in total. The topological polar surface area (TPSA) is 30.2 Å². The summed E-state index contributed by atoms with van der Waals surface area (Å²) in [4.78, 5) is 0. The van der Waals surface area contributed by atoms with Crippen molar-refractivity contribution < 1.29 is 13.4 Å². The van der Waals surface area contributed by atoms with Crippen molar-refractivity contribution in [3.63, 3.8) is 0 Å². The Morgan fingerprint density at radius 1 is 0.656 bits per heavy atom. The fourth-order valence-corrected chi connectivity index (χ4v) is 5.10. The smallest absolute Gasteiger partial charge is 0.216 e. The van der Waals surface area contributed by atoms with Crippen LogP contribution in [-0.2, 0) is 7.05 Å². The maximum Gasteiger partial charge on any atom is 0.216 e. The van der Waals surface area contributed by atoms with Crippen molar-refractivity contribution in [2.24, 2.45) is 7.05 Å². The summed E-state index contributed by atoms with van der Waals surface area (Å²) in [5.74, 6) is 0. The highest BCUT2D eigenvalue weighted by Crippen LogP contribution is 2.43. The van der Waals surface area contributed by atoms with Crippen LogP contribution in [0.25, 0.3) is 65.9 Å². The van der Waals surface area contributed by atoms with Crippen molar-refractivity contribution >= 4 is 54.6 Å². The number of aromatic nitrogens is 1. The predicted octanol–water partition coefficient (Wildman–Crippen LogP) is 7.44. The van der Waals surface area contributed by atoms with E-state index in [1.54, 1.807) is 0 Å². The molecule has 0 unspecified atom stereocenters. The van der Waals surface area contributed by atoms with Gasteiger partial charge in [-0.15, -0.1) is 0 Å². The molecule has 0 saturated carbocycles. The highest BCUT2D eigenvalue weighted by Gasteiger charge is 2.23. The lowest BCUT2D eigenvalue weighted by Gasteiger charge is -2.07. The third-order valence-corrected chi connectivity index (χ3v) is 6.61. The summed E-state index contributed by atoms with van der Waals surface area (Å²) in [6, 6.07) is 27.4. The molecular formula is C29H20NO2+. The predicted molar refractivity (Wildman–Crippen MR) is 130 cm³/mol. The zero-order chi connectivity index (χ0) is 21.4. The standard InChI is InChI=1S/C29H20NO2/c1-17-11-12-21-28-25(14-13-24-27(28)20-9-5-6-10-23(20)31-24)32-29(21)26(17)22-15-18-7-3-4-8-19(18)16-30(22)2/h3-16H,1-2H3/q+1. The third-order valence-electron chi connectivity index (χ3n) is 6.61. The molecule has 0 spiro atoms. The molecule has 4 aromatic carbocycles. The molecular weight excluding hydrogens is 394 g/mol. The highest BCUT2D eigenvalue weighted by molar-refractivity contribution is 6.26. The van der Waals surface area contributed by atoms with Crippen LogP contribution < -0.4 is 4.57 Å². The Kier molecular flexibility index (Phi) is 3.41. The fraction of sp³-hybridized carbons (Fsp3) is 0.0690. The van der Waals surface area contributed by atoms with Crippen LogP contribution in [0.3, 0.4) is 0 Å². The van der Waals surface area contributed by atoms with Crippen LogP contribution in [0.1, 0.15) is 5.56 Å². The van der Waals surface area contributed by atoms with Gasteiger partial charge >= 0.3 is 0 Å². The first-order valence-corrected chi connectivity index (χ1v) is 10.8. The second-order valence-electron chi connectivity index (χ2n) is 8.54. The molecule has 7 rings (SSSR count). The number of fused-ring (bicyclic) bond motifs is 8. The normalized spacial score (nSPS) is 12.1. The van der Waals surface area contributed by atoms with Gasteiger partial charge in [0.05, 0.1) is 5.56 Å². The lowest BCUT2D eigenvalue weighted by molar-refractivity contribution is -0.659. The summed E-state index contributed by atoms with van der Waals surface area (Å²) < 4.78 is 14.9. The zero-order valence-corrected chi connectivity index (χ0v) is 17.8. The Balaban J connectivity index is 1.65. The second-order valence-corrected chi connectivity index (χ2v) is 8.54. The first kappa shape index (κ1) is 17.6. The molecule has 0 N–H and O–H groups in total. The third kappa shape index (κ3) is 2.28. The van der Waals surface area contributed by atoms with Crippen molar-refractivity contribution in [3.8, 4) is 11.3 Å². The molecule has 32 heavy (non-hydrogen) atoms. The summed E-state index contributed by atoms with van der Waals surface area (Å²) in [5.41, 5.74) is 7.05. The molecule has 0 aliphatic rings. The average molecular weight is 414 g/mol. The number of hydrogen-bond acceptors (Lipinski definition) is 2. The van der Waals surface area contributed by atoms with Crippen molar-refractivity contribution in [1.82, 2.24) is 0 Å². The Labute approximate surface area is 184 Å². The molecule has 3 aromatic heterocycles. The number of furan rings is 2. The van der Waals surface area contributed by atoms with Crippen molar-refractivity contribution in [3.05, 3.63) is 90.6 Å². The molecule has 152 valence electrons. The van der Waals surface area contributed by atoms with Crippen LogP contribution in [0.4, 0.5) is 0 Å². The van der Waals surface area contributed by atoms with Gasteiger partial charge in [0.25, 0.3) is 0 Å². The maximum absolute atomic E-state index is 6.56. The van der Waals surface area contributed by atoms with Crippen LogP contribution in [0.5, 0.6) is 0 Å². The van der Waals surface area contributed by atoms with E-state index >= 15 is 0 Å². The number of benzene rings is 4. The van der Waals surface area contributed by atoms with Crippen molar-refractivity contribution in [1.29, 1.82) is 0 Å². The summed E-state index contributed by atoms with van der Waals surface area (Å²) >= 11 is 0. The van der Waals surface area contributed by atoms with Crippen LogP contribution >= 0.6 is 0 Å². The number of hydrogen-bond donors (Lipinski definition) is 0. The van der Waals surface area contributed by atoms with E-state index in [-0.39, 0.29) is 0 Å². The van der Waals surface area contributed by atoms with Gasteiger partial charge in [-0.2, -0.15) is 0 Å². The molecule has 0 atom stereocenters. The van der Waals surface area contributed by atoms with Crippen LogP contribution in [0.15, 0.2) is 93.9 Å². The van der Waals surface area contributed by atoms with Gasteiger partial charge in [-0.1, -0.05) is 48.5 Å². The average Bonchev–Trinajstić information content (AvgIpc) is 3.36. The first-order valence-electron chi connectivity index (χ1n) is 10.8. The van der Waals surface area contributed by atoms with Crippen molar-refractivity contribution in [2.45, 2.75) is 6.92 Å². The van der Waals surface area contributed by atoms with E-state index in [1.165, 1.54) is 16.3 Å². The summed E-state index contributed by atoms with van der Waals surface area (Å²) in [5, 5.41) is 6.91. The molecule has 0 amide bonds. The largest absolute Gasteiger partial charge is 0.456 e. The van der Waals surface area contributed by atoms with E-state index in [9.17, 15) is 0 Å². The molecule has 3 heterocycles. The number of para-hydroxylation sites is 1. The van der Waals surface area contributed by atoms with Gasteiger partial charge in [-0.3, -0.25) is 0 Å². The first-order chi connectivity index (χ1) is 15.7. The number of aryl methyl sites for hydroxylation is 2. The van der Waals surface area contributed by atoms with Crippen molar-refractivity contribution in [2.75, 3.05) is 0 Å². The Bertz CT molecular complexity index is 1850. The molecule has 0 aliphatic carbocycles. The summed E-state index contributed by atoms with van der Waals surface area (Å²) in [6.45, 7) is 2.15. The van der Waals surface area contributed by atoms with Gasteiger partial charge in [-0.05, 0) is 42.1 Å². The zero-order valence-electron chi connectivity index (χ0n) is 17.8. The second kappa shape index (κ2) is 6.21. The molecule has 3 heteroatoms. The summed E-state index contributed by atoms with van der Waals surface area (Å²) in [7, 11) is 2.10. The Morgan fingerprint density at radius 2 is 1.38 bits per heavy atom. The number of nitrogens with zero attached hydrogens (tertiary/aromatic N) is 1.